The summed E-state index contributed by atoms with van der Waals surface area (Å²) < 4.78 is 1.44. The number of H-pyrrole nitrogens is 1. The summed E-state index contributed by atoms with van der Waals surface area (Å²) in [6, 6.07) is 1.65. The Hall–Kier alpha value is -2.44. The smallest absolute Gasteiger partial charge is 0.329 e. The van der Waals surface area contributed by atoms with E-state index < -0.39 is 11.2 Å². The van der Waals surface area contributed by atoms with E-state index in [0.29, 0.717) is 23.7 Å². The third-order valence-corrected chi connectivity index (χ3v) is 5.74. The number of aromatic amines is 1. The Labute approximate surface area is 164 Å². The molecule has 0 unspecified atom stereocenters. The molecule has 1 fully saturated rings. The Kier molecular flexibility index (Phi) is 5.72. The van der Waals surface area contributed by atoms with Gasteiger partial charge in [-0.05, 0) is 36.7 Å². The Balaban J connectivity index is 1.92. The minimum absolute atomic E-state index is 0.115. The number of aryl methyl sites for hydroxylation is 1. The van der Waals surface area contributed by atoms with Crippen LogP contribution < -0.4 is 16.6 Å². The number of pyridine rings is 1. The molecule has 2 aromatic heterocycles. The van der Waals surface area contributed by atoms with Crippen LogP contribution in [-0.2, 0) is 6.54 Å². The van der Waals surface area contributed by atoms with Gasteiger partial charge in [0.2, 0.25) is 0 Å². The Morgan fingerprint density at radius 2 is 2.00 bits per heavy atom. The molecule has 0 aromatic carbocycles. The van der Waals surface area contributed by atoms with E-state index in [4.69, 9.17) is 0 Å². The normalized spacial score (nSPS) is 20.3. The Bertz CT molecular complexity index is 984. The number of carbonyl (C=O) groups excluding carboxylic acids is 1. The van der Waals surface area contributed by atoms with Gasteiger partial charge in [-0.1, -0.05) is 40.5 Å². The number of hydrogen-bond donors (Lipinski definition) is 2. The van der Waals surface area contributed by atoms with Crippen molar-refractivity contribution in [2.75, 3.05) is 0 Å². The summed E-state index contributed by atoms with van der Waals surface area (Å²) in [6.45, 7) is 9.05. The van der Waals surface area contributed by atoms with E-state index in [9.17, 15) is 14.4 Å². The van der Waals surface area contributed by atoms with E-state index in [1.165, 1.54) is 23.3 Å². The van der Waals surface area contributed by atoms with Gasteiger partial charge in [-0.2, -0.15) is 0 Å². The molecule has 1 saturated carbocycles. The van der Waals surface area contributed by atoms with Gasteiger partial charge in [0.25, 0.3) is 11.5 Å². The SMILES string of the molecule is CCCn1c(=O)[nH]c(=O)c2cc(C(=O)N[C@H]3CCCC[C@H]3C(C)(C)C)cnc21. The van der Waals surface area contributed by atoms with Crippen molar-refractivity contribution in [1.29, 1.82) is 0 Å². The molecule has 7 nitrogen and oxygen atoms in total. The van der Waals surface area contributed by atoms with Gasteiger partial charge in [-0.3, -0.25) is 19.1 Å². The van der Waals surface area contributed by atoms with Crippen LogP contribution in [0.5, 0.6) is 0 Å². The highest BCUT2D eigenvalue weighted by Crippen LogP contribution is 2.38. The molecule has 0 radical (unpaired) electrons. The number of aromatic nitrogens is 3. The molecule has 1 aliphatic carbocycles. The molecule has 0 bridgehead atoms. The van der Waals surface area contributed by atoms with Crippen LogP contribution in [0.4, 0.5) is 0 Å². The van der Waals surface area contributed by atoms with Gasteiger partial charge >= 0.3 is 5.69 Å². The summed E-state index contributed by atoms with van der Waals surface area (Å²) >= 11 is 0. The topological polar surface area (TPSA) is 96.9 Å². The number of hydrogen-bond acceptors (Lipinski definition) is 4. The standard InChI is InChI=1S/C21H30N4O3/c1-5-10-25-17-14(19(27)24-20(25)28)11-13(12-22-17)18(26)23-16-9-7-6-8-15(16)21(2,3)4/h11-12,15-16H,5-10H2,1-4H3,(H,23,26)(H,24,27,28)/t15-,16+/m1/s1. The van der Waals surface area contributed by atoms with Gasteiger partial charge in [0.1, 0.15) is 5.65 Å². The molecule has 2 N–H and O–H groups in total. The molecule has 2 atom stereocenters. The highest BCUT2D eigenvalue weighted by molar-refractivity contribution is 5.96. The lowest BCUT2D eigenvalue weighted by Crippen LogP contribution is -2.46. The zero-order chi connectivity index (χ0) is 20.5. The molecule has 1 aliphatic rings. The van der Waals surface area contributed by atoms with Crippen molar-refractivity contribution < 1.29 is 4.79 Å². The average Bonchev–Trinajstić information content (AvgIpc) is 2.64. The van der Waals surface area contributed by atoms with Crippen LogP contribution >= 0.6 is 0 Å². The van der Waals surface area contributed by atoms with Gasteiger partial charge in [-0.25, -0.2) is 9.78 Å². The molecule has 2 heterocycles. The van der Waals surface area contributed by atoms with Gasteiger partial charge < -0.3 is 5.32 Å². The average molecular weight is 386 g/mol. The maximum atomic E-state index is 12.9. The van der Waals surface area contributed by atoms with E-state index >= 15 is 0 Å². The van der Waals surface area contributed by atoms with Crippen molar-refractivity contribution >= 4 is 16.9 Å². The van der Waals surface area contributed by atoms with Crippen LogP contribution in [0.15, 0.2) is 21.9 Å². The summed E-state index contributed by atoms with van der Waals surface area (Å²) in [4.78, 5) is 43.8. The first kappa shape index (κ1) is 20.3. The molecule has 0 spiro atoms. The molecule has 7 heteroatoms. The van der Waals surface area contributed by atoms with Gasteiger partial charge in [-0.15, -0.1) is 0 Å². The molecule has 3 rings (SSSR count). The molecule has 152 valence electrons. The highest BCUT2D eigenvalue weighted by atomic mass is 16.2. The summed E-state index contributed by atoms with van der Waals surface area (Å²) in [7, 11) is 0. The van der Waals surface area contributed by atoms with Crippen molar-refractivity contribution in [2.45, 2.75) is 72.4 Å². The minimum atomic E-state index is -0.514. The summed E-state index contributed by atoms with van der Waals surface area (Å²) in [5.41, 5.74) is -0.206. The quantitative estimate of drug-likeness (QED) is 0.844. The lowest BCUT2D eigenvalue weighted by molar-refractivity contribution is 0.0830. The van der Waals surface area contributed by atoms with Gasteiger partial charge in [0, 0.05) is 18.8 Å². The maximum absolute atomic E-state index is 12.9. The number of fused-ring (bicyclic) bond motifs is 1. The summed E-state index contributed by atoms with van der Waals surface area (Å²) in [6.07, 6.45) is 6.56. The van der Waals surface area contributed by atoms with Crippen LogP contribution in [0.3, 0.4) is 0 Å². The van der Waals surface area contributed by atoms with Crippen molar-refractivity contribution in [2.24, 2.45) is 11.3 Å². The molecule has 1 amide bonds. The van der Waals surface area contributed by atoms with Crippen molar-refractivity contribution in [3.05, 3.63) is 38.7 Å². The van der Waals surface area contributed by atoms with E-state index in [-0.39, 0.29) is 22.8 Å². The van der Waals surface area contributed by atoms with Crippen molar-refractivity contribution in [1.82, 2.24) is 19.9 Å². The number of nitrogens with zero attached hydrogens (tertiary/aromatic N) is 2. The zero-order valence-corrected chi connectivity index (χ0v) is 17.2. The van der Waals surface area contributed by atoms with Crippen LogP contribution in [-0.4, -0.2) is 26.5 Å². The first-order valence-electron chi connectivity index (χ1n) is 10.2. The molecule has 2 aromatic rings. The fourth-order valence-electron chi connectivity index (χ4n) is 4.31. The monoisotopic (exact) mass is 386 g/mol. The third kappa shape index (κ3) is 4.03. The fraction of sp³-hybridized carbons (Fsp3) is 0.619. The van der Waals surface area contributed by atoms with E-state index in [1.807, 2.05) is 6.92 Å². The number of nitrogens with one attached hydrogen (secondary N) is 2. The van der Waals surface area contributed by atoms with Crippen LogP contribution in [0.25, 0.3) is 11.0 Å². The molecule has 28 heavy (non-hydrogen) atoms. The fourth-order valence-corrected chi connectivity index (χ4v) is 4.31. The minimum Gasteiger partial charge on any atom is -0.349 e. The van der Waals surface area contributed by atoms with Crippen molar-refractivity contribution in [3.8, 4) is 0 Å². The second kappa shape index (κ2) is 7.89. The second-order valence-electron chi connectivity index (χ2n) is 8.84. The predicted octanol–water partition coefficient (Wildman–Crippen LogP) is 2.83. The number of amides is 1. The van der Waals surface area contributed by atoms with E-state index in [2.05, 4.69) is 36.1 Å². The van der Waals surface area contributed by atoms with Crippen LogP contribution in [0.1, 0.15) is 70.2 Å². The molecular weight excluding hydrogens is 356 g/mol. The second-order valence-corrected chi connectivity index (χ2v) is 8.84. The Morgan fingerprint density at radius 1 is 1.29 bits per heavy atom. The molecule has 0 saturated heterocycles. The lowest BCUT2D eigenvalue weighted by Gasteiger charge is -2.40. The zero-order valence-electron chi connectivity index (χ0n) is 17.2. The largest absolute Gasteiger partial charge is 0.349 e. The number of carbonyl (C=O) groups is 1. The highest BCUT2D eigenvalue weighted by Gasteiger charge is 2.35. The Morgan fingerprint density at radius 3 is 2.68 bits per heavy atom. The summed E-state index contributed by atoms with van der Waals surface area (Å²) in [5, 5.41) is 3.43. The summed E-state index contributed by atoms with van der Waals surface area (Å²) in [5.74, 6) is 0.194. The lowest BCUT2D eigenvalue weighted by atomic mass is 9.69. The van der Waals surface area contributed by atoms with Crippen LogP contribution in [0, 0.1) is 11.3 Å². The van der Waals surface area contributed by atoms with Gasteiger partial charge in [0.15, 0.2) is 0 Å². The first-order valence-corrected chi connectivity index (χ1v) is 10.2. The predicted molar refractivity (Wildman–Crippen MR) is 110 cm³/mol. The number of rotatable bonds is 4. The van der Waals surface area contributed by atoms with Crippen molar-refractivity contribution in [3.63, 3.8) is 0 Å². The molecular formula is C21H30N4O3. The first-order chi connectivity index (χ1) is 13.2. The molecule has 0 aliphatic heterocycles. The third-order valence-electron chi connectivity index (χ3n) is 5.74. The van der Waals surface area contributed by atoms with E-state index in [0.717, 1.165) is 25.7 Å². The van der Waals surface area contributed by atoms with Crippen LogP contribution in [0.2, 0.25) is 0 Å². The maximum Gasteiger partial charge on any atom is 0.329 e. The van der Waals surface area contributed by atoms with E-state index in [1.54, 1.807) is 0 Å². The van der Waals surface area contributed by atoms with Gasteiger partial charge in [0.05, 0.1) is 10.9 Å².